The van der Waals surface area contributed by atoms with Gasteiger partial charge in [-0.15, -0.1) is 11.3 Å². The third-order valence-corrected chi connectivity index (χ3v) is 4.72. The van der Waals surface area contributed by atoms with Crippen LogP contribution in [0.2, 0.25) is 0 Å². The monoisotopic (exact) mass is 268 g/mol. The molecule has 4 nitrogen and oxygen atoms in total. The topological polar surface area (TPSA) is 64.7 Å². The van der Waals surface area contributed by atoms with Crippen molar-refractivity contribution in [2.75, 3.05) is 5.73 Å². The number of aryl methyl sites for hydroxylation is 2. The molecular weight excluding hydrogens is 256 g/mol. The van der Waals surface area contributed by atoms with Gasteiger partial charge in [0.2, 0.25) is 0 Å². The van der Waals surface area contributed by atoms with E-state index < -0.39 is 0 Å². The minimum Gasteiger partial charge on any atom is -0.383 e. The number of rotatable bonds is 1. The highest BCUT2D eigenvalue weighted by Gasteiger charge is 2.21. The Morgan fingerprint density at radius 2 is 1.95 bits per heavy atom. The molecule has 0 aromatic carbocycles. The maximum atomic E-state index is 6.15. The van der Waals surface area contributed by atoms with Crippen LogP contribution in [0.5, 0.6) is 0 Å². The normalized spacial score (nSPS) is 13.9. The van der Waals surface area contributed by atoms with Crippen LogP contribution < -0.4 is 5.73 Å². The Morgan fingerprint density at radius 3 is 2.79 bits per heavy atom. The van der Waals surface area contributed by atoms with E-state index >= 15 is 0 Å². The van der Waals surface area contributed by atoms with Crippen molar-refractivity contribution < 1.29 is 0 Å². The molecule has 0 atom stereocenters. The molecular formula is C14H12N4S. The summed E-state index contributed by atoms with van der Waals surface area (Å²) in [6.07, 6.45) is 6.97. The van der Waals surface area contributed by atoms with Crippen molar-refractivity contribution in [2.24, 2.45) is 0 Å². The summed E-state index contributed by atoms with van der Waals surface area (Å²) < 4.78 is 0. The van der Waals surface area contributed by atoms with Gasteiger partial charge in [0.25, 0.3) is 0 Å². The van der Waals surface area contributed by atoms with Gasteiger partial charge in [0, 0.05) is 22.8 Å². The van der Waals surface area contributed by atoms with Gasteiger partial charge >= 0.3 is 0 Å². The van der Waals surface area contributed by atoms with Gasteiger partial charge in [0.05, 0.1) is 5.39 Å². The Morgan fingerprint density at radius 1 is 1.11 bits per heavy atom. The zero-order chi connectivity index (χ0) is 12.8. The number of nitrogens with zero attached hydrogens (tertiary/aromatic N) is 3. The van der Waals surface area contributed by atoms with Gasteiger partial charge in [-0.2, -0.15) is 0 Å². The maximum absolute atomic E-state index is 6.15. The number of hydrogen-bond acceptors (Lipinski definition) is 5. The number of fused-ring (bicyclic) bond motifs is 3. The average Bonchev–Trinajstić information content (AvgIpc) is 2.99. The lowest BCUT2D eigenvalue weighted by atomic mass is 10.2. The molecule has 94 valence electrons. The van der Waals surface area contributed by atoms with Crippen molar-refractivity contribution in [3.63, 3.8) is 0 Å². The Kier molecular flexibility index (Phi) is 2.29. The van der Waals surface area contributed by atoms with Crippen molar-refractivity contribution in [3.8, 4) is 11.4 Å². The minimum absolute atomic E-state index is 0.608. The van der Waals surface area contributed by atoms with Gasteiger partial charge in [-0.3, -0.25) is 4.98 Å². The van der Waals surface area contributed by atoms with E-state index in [0.717, 1.165) is 28.6 Å². The van der Waals surface area contributed by atoms with E-state index in [0.29, 0.717) is 11.6 Å². The van der Waals surface area contributed by atoms with Crippen LogP contribution in [0, 0.1) is 0 Å². The zero-order valence-corrected chi connectivity index (χ0v) is 11.1. The molecule has 5 heteroatoms. The molecule has 4 rings (SSSR count). The van der Waals surface area contributed by atoms with Crippen LogP contribution in [0.25, 0.3) is 21.6 Å². The first-order chi connectivity index (χ1) is 9.33. The van der Waals surface area contributed by atoms with Gasteiger partial charge in [-0.1, -0.05) is 0 Å². The first kappa shape index (κ1) is 10.9. The van der Waals surface area contributed by atoms with E-state index in [1.165, 1.54) is 16.9 Å². The molecule has 0 unspecified atom stereocenters. The molecule has 1 aliphatic rings. The van der Waals surface area contributed by atoms with Gasteiger partial charge in [-0.05, 0) is 37.0 Å². The average molecular weight is 268 g/mol. The highest BCUT2D eigenvalue weighted by Crippen LogP contribution is 2.39. The lowest BCUT2D eigenvalue weighted by molar-refractivity contribution is 0.917. The summed E-state index contributed by atoms with van der Waals surface area (Å²) in [4.78, 5) is 15.6. The summed E-state index contributed by atoms with van der Waals surface area (Å²) in [5.74, 6) is 1.29. The molecule has 1 aliphatic carbocycles. The Hall–Kier alpha value is -2.01. The fourth-order valence-corrected chi connectivity index (χ4v) is 3.92. The molecule has 0 saturated carbocycles. The fourth-order valence-electron chi connectivity index (χ4n) is 2.65. The molecule has 0 spiro atoms. The lowest BCUT2D eigenvalue weighted by Crippen LogP contribution is -1.97. The van der Waals surface area contributed by atoms with E-state index in [1.807, 2.05) is 12.1 Å². The van der Waals surface area contributed by atoms with Crippen molar-refractivity contribution in [1.82, 2.24) is 15.0 Å². The van der Waals surface area contributed by atoms with Crippen LogP contribution in [-0.2, 0) is 12.8 Å². The molecule has 0 bridgehead atoms. The quantitative estimate of drug-likeness (QED) is 0.737. The third-order valence-electron chi connectivity index (χ3n) is 3.53. The first-order valence-electron chi connectivity index (χ1n) is 6.31. The second-order valence-electron chi connectivity index (χ2n) is 4.71. The predicted molar refractivity (Wildman–Crippen MR) is 77.1 cm³/mol. The largest absolute Gasteiger partial charge is 0.383 e. The molecule has 3 heterocycles. The summed E-state index contributed by atoms with van der Waals surface area (Å²) in [6.45, 7) is 0. The molecule has 0 radical (unpaired) electrons. The van der Waals surface area contributed by atoms with E-state index in [2.05, 4.69) is 15.0 Å². The van der Waals surface area contributed by atoms with E-state index in [-0.39, 0.29) is 0 Å². The maximum Gasteiger partial charge on any atom is 0.163 e. The molecule has 19 heavy (non-hydrogen) atoms. The number of thiophene rings is 1. The van der Waals surface area contributed by atoms with Gasteiger partial charge < -0.3 is 5.73 Å². The number of anilines is 1. The second kappa shape index (κ2) is 3.99. The van der Waals surface area contributed by atoms with Crippen LogP contribution in [0.1, 0.15) is 16.9 Å². The lowest BCUT2D eigenvalue weighted by Gasteiger charge is -2.03. The summed E-state index contributed by atoms with van der Waals surface area (Å²) in [7, 11) is 0. The number of hydrogen-bond donors (Lipinski definition) is 1. The third kappa shape index (κ3) is 1.62. The van der Waals surface area contributed by atoms with Gasteiger partial charge in [-0.25, -0.2) is 9.97 Å². The van der Waals surface area contributed by atoms with Crippen LogP contribution >= 0.6 is 11.3 Å². The smallest absolute Gasteiger partial charge is 0.163 e. The van der Waals surface area contributed by atoms with E-state index in [1.54, 1.807) is 23.7 Å². The number of nitrogen functional groups attached to an aromatic ring is 1. The summed E-state index contributed by atoms with van der Waals surface area (Å²) in [5.41, 5.74) is 8.48. The van der Waals surface area contributed by atoms with Crippen molar-refractivity contribution in [1.29, 1.82) is 0 Å². The highest BCUT2D eigenvalue weighted by molar-refractivity contribution is 7.19. The van der Waals surface area contributed by atoms with Gasteiger partial charge in [0.1, 0.15) is 10.6 Å². The number of nitrogens with two attached hydrogens (primary N) is 1. The molecule has 3 aromatic heterocycles. The van der Waals surface area contributed by atoms with Crippen LogP contribution in [-0.4, -0.2) is 15.0 Å². The summed E-state index contributed by atoms with van der Waals surface area (Å²) in [5, 5.41) is 1.08. The molecule has 3 aromatic rings. The molecule has 0 aliphatic heterocycles. The van der Waals surface area contributed by atoms with Crippen molar-refractivity contribution in [3.05, 3.63) is 35.0 Å². The van der Waals surface area contributed by atoms with Crippen molar-refractivity contribution in [2.45, 2.75) is 19.3 Å². The number of aromatic nitrogens is 3. The predicted octanol–water partition coefficient (Wildman–Crippen LogP) is 2.82. The molecule has 0 fully saturated rings. The Bertz CT molecular complexity index is 764. The fraction of sp³-hybridized carbons (Fsp3) is 0.214. The molecule has 2 N–H and O–H groups in total. The molecule has 0 amide bonds. The summed E-state index contributed by atoms with van der Waals surface area (Å²) >= 11 is 1.76. The van der Waals surface area contributed by atoms with E-state index in [4.69, 9.17) is 5.73 Å². The van der Waals surface area contributed by atoms with Crippen LogP contribution in [0.15, 0.2) is 24.5 Å². The SMILES string of the molecule is Nc1nc(-c2ccncc2)nc2sc3c(c12)CCC3. The standard InChI is InChI=1S/C14H12N4S/c15-12-11-9-2-1-3-10(9)19-14(11)18-13(17-12)8-4-6-16-7-5-8/h4-7H,1-3H2,(H2,15,17,18). The zero-order valence-electron chi connectivity index (χ0n) is 10.3. The van der Waals surface area contributed by atoms with Gasteiger partial charge in [0.15, 0.2) is 5.82 Å². The summed E-state index contributed by atoms with van der Waals surface area (Å²) in [6, 6.07) is 3.81. The van der Waals surface area contributed by atoms with Crippen LogP contribution in [0.3, 0.4) is 0 Å². The minimum atomic E-state index is 0.608. The number of pyridine rings is 1. The second-order valence-corrected chi connectivity index (χ2v) is 5.79. The van der Waals surface area contributed by atoms with Crippen LogP contribution in [0.4, 0.5) is 5.82 Å². The van der Waals surface area contributed by atoms with E-state index in [9.17, 15) is 0 Å². The first-order valence-corrected chi connectivity index (χ1v) is 7.13. The highest BCUT2D eigenvalue weighted by atomic mass is 32.1. The van der Waals surface area contributed by atoms with Crippen molar-refractivity contribution >= 4 is 27.4 Å². The Balaban J connectivity index is 1.97. The Labute approximate surface area is 114 Å². The molecule has 0 saturated heterocycles.